The van der Waals surface area contributed by atoms with Crippen LogP contribution in [0.1, 0.15) is 41.3 Å². The van der Waals surface area contributed by atoms with Crippen LogP contribution < -0.4 is 0 Å². The number of hydrogen-bond donors (Lipinski definition) is 0. The Kier molecular flexibility index (Phi) is 4.42. The van der Waals surface area contributed by atoms with Gasteiger partial charge in [0, 0.05) is 11.6 Å². The first-order valence-corrected chi connectivity index (χ1v) is 7.13. The lowest BCUT2D eigenvalue weighted by Gasteiger charge is -2.29. The van der Waals surface area contributed by atoms with Crippen molar-refractivity contribution in [1.29, 1.82) is 0 Å². The summed E-state index contributed by atoms with van der Waals surface area (Å²) in [6.45, 7) is 4.24. The highest BCUT2D eigenvalue weighted by Gasteiger charge is 2.42. The van der Waals surface area contributed by atoms with Gasteiger partial charge in [-0.05, 0) is 45.2 Å². The van der Waals surface area contributed by atoms with Gasteiger partial charge in [-0.25, -0.2) is 0 Å². The van der Waals surface area contributed by atoms with Crippen LogP contribution in [0.15, 0.2) is 18.2 Å². The Balaban J connectivity index is 2.21. The van der Waals surface area contributed by atoms with Gasteiger partial charge in [0.2, 0.25) is 0 Å². The summed E-state index contributed by atoms with van der Waals surface area (Å²) in [5.74, 6) is -0.229. The summed E-state index contributed by atoms with van der Waals surface area (Å²) in [5.41, 5.74) is 2.26. The molecule has 0 saturated heterocycles. The second-order valence-corrected chi connectivity index (χ2v) is 5.88. The van der Waals surface area contributed by atoms with Gasteiger partial charge in [-0.1, -0.05) is 17.7 Å². The Morgan fingerprint density at radius 1 is 1.33 bits per heavy atom. The summed E-state index contributed by atoms with van der Waals surface area (Å²) in [7, 11) is 0. The van der Waals surface area contributed by atoms with E-state index < -0.39 is 18.8 Å². The largest absolute Gasteiger partial charge is 0.401 e. The van der Waals surface area contributed by atoms with Crippen LogP contribution in [0.2, 0.25) is 0 Å². The fourth-order valence-corrected chi connectivity index (χ4v) is 2.57. The minimum atomic E-state index is -4.28. The molecule has 0 radical (unpaired) electrons. The molecule has 0 aromatic heterocycles. The van der Waals surface area contributed by atoms with Crippen molar-refractivity contribution < 1.29 is 18.0 Å². The molecule has 1 aromatic carbocycles. The number of hydrogen-bond acceptors (Lipinski definition) is 2. The Labute approximate surface area is 122 Å². The van der Waals surface area contributed by atoms with Crippen molar-refractivity contribution in [3.05, 3.63) is 34.9 Å². The molecule has 5 heteroatoms. The van der Waals surface area contributed by atoms with Crippen LogP contribution in [0.3, 0.4) is 0 Å². The smallest absolute Gasteiger partial charge is 0.292 e. The summed E-state index contributed by atoms with van der Waals surface area (Å²) in [5, 5.41) is 0. The third kappa shape index (κ3) is 4.06. The molecule has 2 rings (SSSR count). The van der Waals surface area contributed by atoms with Crippen LogP contribution in [0.5, 0.6) is 0 Å². The van der Waals surface area contributed by atoms with E-state index in [1.165, 1.54) is 4.90 Å². The Morgan fingerprint density at radius 3 is 2.48 bits per heavy atom. The topological polar surface area (TPSA) is 20.3 Å². The second-order valence-electron chi connectivity index (χ2n) is 5.88. The van der Waals surface area contributed by atoms with Gasteiger partial charge in [0.15, 0.2) is 5.78 Å². The fourth-order valence-electron chi connectivity index (χ4n) is 2.57. The minimum Gasteiger partial charge on any atom is -0.292 e. The third-order valence-electron chi connectivity index (χ3n) is 3.91. The SMILES string of the molecule is Cc1ccc(C)c(C(=O)C(C)N(CC(F)(F)F)C2CC2)c1. The molecule has 0 aliphatic heterocycles. The molecule has 1 fully saturated rings. The van der Waals surface area contributed by atoms with E-state index in [1.807, 2.05) is 26.0 Å². The predicted molar refractivity (Wildman–Crippen MR) is 75.5 cm³/mol. The van der Waals surface area contributed by atoms with E-state index in [4.69, 9.17) is 0 Å². The molecular weight excluding hydrogens is 279 g/mol. The summed E-state index contributed by atoms with van der Waals surface area (Å²) < 4.78 is 38.1. The summed E-state index contributed by atoms with van der Waals surface area (Å²) in [4.78, 5) is 13.9. The average molecular weight is 299 g/mol. The number of benzene rings is 1. The van der Waals surface area contributed by atoms with Gasteiger partial charge in [-0.15, -0.1) is 0 Å². The lowest BCUT2D eigenvalue weighted by molar-refractivity contribution is -0.149. The molecule has 0 spiro atoms. The first-order chi connectivity index (χ1) is 9.69. The summed E-state index contributed by atoms with van der Waals surface area (Å²) in [6, 6.07) is 4.62. The molecule has 0 bridgehead atoms. The quantitative estimate of drug-likeness (QED) is 0.769. The molecule has 0 heterocycles. The monoisotopic (exact) mass is 299 g/mol. The average Bonchev–Trinajstić information content (AvgIpc) is 3.20. The van der Waals surface area contributed by atoms with Crippen molar-refractivity contribution >= 4 is 5.78 Å². The number of rotatable bonds is 5. The zero-order valence-electron chi connectivity index (χ0n) is 12.5. The number of aryl methyl sites for hydroxylation is 2. The molecule has 2 nitrogen and oxygen atoms in total. The number of alkyl halides is 3. The minimum absolute atomic E-state index is 0.115. The molecule has 1 aromatic rings. The molecular formula is C16H20F3NO. The molecule has 1 aliphatic carbocycles. The van der Waals surface area contributed by atoms with E-state index in [9.17, 15) is 18.0 Å². The van der Waals surface area contributed by atoms with Crippen molar-refractivity contribution in [3.63, 3.8) is 0 Å². The van der Waals surface area contributed by atoms with Crippen LogP contribution in [0.25, 0.3) is 0 Å². The Hall–Kier alpha value is -1.36. The summed E-state index contributed by atoms with van der Waals surface area (Å²) in [6.07, 6.45) is -2.81. The molecule has 1 atom stereocenters. The van der Waals surface area contributed by atoms with Gasteiger partial charge < -0.3 is 0 Å². The van der Waals surface area contributed by atoms with Gasteiger partial charge in [0.25, 0.3) is 0 Å². The number of carbonyl (C=O) groups is 1. The van der Waals surface area contributed by atoms with Crippen LogP contribution in [-0.2, 0) is 0 Å². The van der Waals surface area contributed by atoms with Gasteiger partial charge in [0.05, 0.1) is 12.6 Å². The molecule has 21 heavy (non-hydrogen) atoms. The van der Waals surface area contributed by atoms with Crippen molar-refractivity contribution in [2.24, 2.45) is 0 Å². The Morgan fingerprint density at radius 2 is 1.95 bits per heavy atom. The van der Waals surface area contributed by atoms with Crippen molar-refractivity contribution in [3.8, 4) is 0 Å². The highest BCUT2D eigenvalue weighted by Crippen LogP contribution is 2.32. The number of carbonyl (C=O) groups excluding carboxylic acids is 1. The standard InChI is InChI=1S/C16H20F3NO/c1-10-4-5-11(2)14(8-10)15(21)12(3)20(13-6-7-13)9-16(17,18)19/h4-5,8,12-13H,6-7,9H2,1-3H3. The maximum absolute atomic E-state index is 12.7. The zero-order valence-corrected chi connectivity index (χ0v) is 12.5. The van der Waals surface area contributed by atoms with Crippen LogP contribution in [0.4, 0.5) is 13.2 Å². The third-order valence-corrected chi connectivity index (χ3v) is 3.91. The van der Waals surface area contributed by atoms with Gasteiger partial charge >= 0.3 is 6.18 Å². The maximum atomic E-state index is 12.7. The van der Waals surface area contributed by atoms with E-state index in [1.54, 1.807) is 13.0 Å². The number of nitrogens with zero attached hydrogens (tertiary/aromatic N) is 1. The van der Waals surface area contributed by atoms with Gasteiger partial charge in [-0.3, -0.25) is 9.69 Å². The molecule has 116 valence electrons. The molecule has 1 unspecified atom stereocenters. The van der Waals surface area contributed by atoms with E-state index in [2.05, 4.69) is 0 Å². The fraction of sp³-hybridized carbons (Fsp3) is 0.562. The zero-order chi connectivity index (χ0) is 15.8. The Bertz CT molecular complexity index is 535. The first kappa shape index (κ1) is 16.0. The van der Waals surface area contributed by atoms with Crippen LogP contribution in [-0.4, -0.2) is 35.5 Å². The van der Waals surface area contributed by atoms with Gasteiger partial charge in [0.1, 0.15) is 0 Å². The number of ketones is 1. The predicted octanol–water partition coefficient (Wildman–Crippen LogP) is 3.90. The van der Waals surface area contributed by atoms with Crippen molar-refractivity contribution in [2.45, 2.75) is 51.9 Å². The van der Waals surface area contributed by atoms with E-state index >= 15 is 0 Å². The maximum Gasteiger partial charge on any atom is 0.401 e. The molecule has 1 saturated carbocycles. The van der Waals surface area contributed by atoms with E-state index in [-0.39, 0.29) is 11.8 Å². The molecule has 1 aliphatic rings. The summed E-state index contributed by atoms with van der Waals surface area (Å²) >= 11 is 0. The normalized spacial score (nSPS) is 17.1. The van der Waals surface area contributed by atoms with Crippen LogP contribution >= 0.6 is 0 Å². The lowest BCUT2D eigenvalue weighted by atomic mass is 9.97. The lowest BCUT2D eigenvalue weighted by Crippen LogP contribution is -2.45. The number of Topliss-reactive ketones (excluding diaryl/α,β-unsaturated/α-hetero) is 1. The first-order valence-electron chi connectivity index (χ1n) is 7.13. The second kappa shape index (κ2) is 5.79. The van der Waals surface area contributed by atoms with Gasteiger partial charge in [-0.2, -0.15) is 13.2 Å². The van der Waals surface area contributed by atoms with Crippen molar-refractivity contribution in [2.75, 3.05) is 6.54 Å². The van der Waals surface area contributed by atoms with Crippen molar-refractivity contribution in [1.82, 2.24) is 4.90 Å². The van der Waals surface area contributed by atoms with E-state index in [0.29, 0.717) is 5.56 Å². The highest BCUT2D eigenvalue weighted by molar-refractivity contribution is 6.01. The number of halogens is 3. The highest BCUT2D eigenvalue weighted by atomic mass is 19.4. The molecule has 0 N–H and O–H groups in total. The van der Waals surface area contributed by atoms with E-state index in [0.717, 1.165) is 24.0 Å². The van der Waals surface area contributed by atoms with Crippen LogP contribution in [0, 0.1) is 13.8 Å². The molecule has 0 amide bonds.